The van der Waals surface area contributed by atoms with E-state index in [0.717, 1.165) is 6.07 Å². The Bertz CT molecular complexity index is 1030. The standard InChI is InChI=1S/C23H25FN2O5/c1-25(2)11-12-26-20(15-7-5-6-8-17(15)30-3)19(22(28)23(26)29)21(27)14-9-10-18(31-4)16(24)13-14/h5-10,13,20,27H,11-12H2,1-4H3/t20-/m0/s1. The molecular formula is C23H25FN2O5. The highest BCUT2D eigenvalue weighted by atomic mass is 19.1. The van der Waals surface area contributed by atoms with Crippen molar-refractivity contribution >= 4 is 17.4 Å². The van der Waals surface area contributed by atoms with Crippen LogP contribution in [0.5, 0.6) is 11.5 Å². The fraction of sp³-hybridized carbons (Fsp3) is 0.304. The number of methoxy groups -OCH3 is 2. The number of aliphatic hydroxyl groups is 1. The average molecular weight is 428 g/mol. The molecule has 1 N–H and O–H groups in total. The van der Waals surface area contributed by atoms with E-state index >= 15 is 0 Å². The first-order valence-corrected chi connectivity index (χ1v) is 9.70. The van der Waals surface area contributed by atoms with E-state index in [-0.39, 0.29) is 23.4 Å². The van der Waals surface area contributed by atoms with E-state index in [1.165, 1.54) is 31.3 Å². The number of ether oxygens (including phenoxy) is 2. The summed E-state index contributed by atoms with van der Waals surface area (Å²) in [6, 6.07) is 9.97. The summed E-state index contributed by atoms with van der Waals surface area (Å²) in [6.07, 6.45) is 0. The number of nitrogens with zero attached hydrogens (tertiary/aromatic N) is 2. The van der Waals surface area contributed by atoms with E-state index in [4.69, 9.17) is 9.47 Å². The number of amides is 1. The van der Waals surface area contributed by atoms with Gasteiger partial charge >= 0.3 is 0 Å². The second-order valence-electron chi connectivity index (χ2n) is 7.39. The van der Waals surface area contributed by atoms with E-state index < -0.39 is 29.3 Å². The Morgan fingerprint density at radius 3 is 2.39 bits per heavy atom. The van der Waals surface area contributed by atoms with Crippen LogP contribution >= 0.6 is 0 Å². The first kappa shape index (κ1) is 22.3. The topological polar surface area (TPSA) is 79.3 Å². The highest BCUT2D eigenvalue weighted by Crippen LogP contribution is 2.42. The van der Waals surface area contributed by atoms with Crippen LogP contribution < -0.4 is 9.47 Å². The summed E-state index contributed by atoms with van der Waals surface area (Å²) in [5.41, 5.74) is 0.514. The minimum Gasteiger partial charge on any atom is -0.507 e. The molecule has 0 saturated carbocycles. The molecule has 0 radical (unpaired) electrons. The number of likely N-dealkylation sites (N-methyl/N-ethyl adjacent to an activating group) is 1. The quantitative estimate of drug-likeness (QED) is 0.415. The molecule has 1 heterocycles. The molecule has 0 aliphatic carbocycles. The van der Waals surface area contributed by atoms with Crippen LogP contribution in [0.25, 0.3) is 5.76 Å². The maximum atomic E-state index is 14.3. The van der Waals surface area contributed by atoms with Gasteiger partial charge in [-0.2, -0.15) is 0 Å². The Hall–Kier alpha value is -3.39. The van der Waals surface area contributed by atoms with Crippen molar-refractivity contribution in [2.24, 2.45) is 0 Å². The molecule has 0 spiro atoms. The van der Waals surface area contributed by atoms with Crippen molar-refractivity contribution in [3.63, 3.8) is 0 Å². The Morgan fingerprint density at radius 2 is 1.77 bits per heavy atom. The highest BCUT2D eigenvalue weighted by molar-refractivity contribution is 6.46. The van der Waals surface area contributed by atoms with Gasteiger partial charge in [-0.25, -0.2) is 4.39 Å². The Morgan fingerprint density at radius 1 is 1.10 bits per heavy atom. The molecule has 1 aliphatic heterocycles. The number of hydrogen-bond acceptors (Lipinski definition) is 6. The molecule has 31 heavy (non-hydrogen) atoms. The lowest BCUT2D eigenvalue weighted by Crippen LogP contribution is -2.35. The monoisotopic (exact) mass is 428 g/mol. The molecule has 0 unspecified atom stereocenters. The van der Waals surface area contributed by atoms with Gasteiger partial charge in [-0.1, -0.05) is 18.2 Å². The Labute approximate surface area is 180 Å². The van der Waals surface area contributed by atoms with Gasteiger partial charge in [0.15, 0.2) is 11.6 Å². The lowest BCUT2D eigenvalue weighted by Gasteiger charge is -2.27. The smallest absolute Gasteiger partial charge is 0.295 e. The van der Waals surface area contributed by atoms with Crippen LogP contribution in [0.1, 0.15) is 17.2 Å². The van der Waals surface area contributed by atoms with Gasteiger partial charge in [0.05, 0.1) is 25.8 Å². The number of hydrogen-bond donors (Lipinski definition) is 1. The number of halogens is 1. The number of carbonyl (C=O) groups excluding carboxylic acids is 2. The van der Waals surface area contributed by atoms with Gasteiger partial charge in [0.2, 0.25) is 0 Å². The van der Waals surface area contributed by atoms with Crippen molar-refractivity contribution in [1.29, 1.82) is 0 Å². The third-order valence-corrected chi connectivity index (χ3v) is 5.19. The summed E-state index contributed by atoms with van der Waals surface area (Å²) < 4.78 is 24.6. The summed E-state index contributed by atoms with van der Waals surface area (Å²) >= 11 is 0. The summed E-state index contributed by atoms with van der Waals surface area (Å²) in [4.78, 5) is 29.2. The van der Waals surface area contributed by atoms with E-state index in [2.05, 4.69) is 0 Å². The number of likely N-dealkylation sites (tertiary alicyclic amines) is 1. The number of para-hydroxylation sites is 1. The van der Waals surface area contributed by atoms with Crippen LogP contribution in [-0.4, -0.2) is 68.0 Å². The molecule has 0 bridgehead atoms. The number of rotatable bonds is 7. The van der Waals surface area contributed by atoms with Crippen molar-refractivity contribution < 1.29 is 28.6 Å². The van der Waals surface area contributed by atoms with E-state index in [9.17, 15) is 19.1 Å². The number of benzene rings is 2. The van der Waals surface area contributed by atoms with Gasteiger partial charge < -0.3 is 24.4 Å². The summed E-state index contributed by atoms with van der Waals surface area (Å²) in [6.45, 7) is 0.768. The average Bonchev–Trinajstić information content (AvgIpc) is 3.01. The van der Waals surface area contributed by atoms with Crippen LogP contribution in [0, 0.1) is 5.82 Å². The molecule has 1 atom stereocenters. The summed E-state index contributed by atoms with van der Waals surface area (Å²) in [5.74, 6) is -2.23. The van der Waals surface area contributed by atoms with E-state index in [0.29, 0.717) is 17.9 Å². The molecule has 1 fully saturated rings. The zero-order valence-corrected chi connectivity index (χ0v) is 17.9. The number of carbonyl (C=O) groups is 2. The second-order valence-corrected chi connectivity index (χ2v) is 7.39. The fourth-order valence-corrected chi connectivity index (χ4v) is 3.60. The molecular weight excluding hydrogens is 403 g/mol. The zero-order chi connectivity index (χ0) is 22.7. The Kier molecular flexibility index (Phi) is 6.60. The zero-order valence-electron chi connectivity index (χ0n) is 17.9. The SMILES string of the molecule is COc1ccc(C(O)=C2C(=O)C(=O)N(CCN(C)C)[C@H]2c2ccccc2OC)cc1F. The third kappa shape index (κ3) is 4.25. The molecule has 1 aliphatic rings. The maximum Gasteiger partial charge on any atom is 0.295 e. The van der Waals surface area contributed by atoms with Crippen molar-refractivity contribution in [2.45, 2.75) is 6.04 Å². The summed E-state index contributed by atoms with van der Waals surface area (Å²) in [7, 11) is 6.53. The molecule has 8 heteroatoms. The van der Waals surface area contributed by atoms with Crippen LogP contribution in [0.3, 0.4) is 0 Å². The molecule has 2 aromatic carbocycles. The van der Waals surface area contributed by atoms with E-state index in [1.54, 1.807) is 24.3 Å². The maximum absolute atomic E-state index is 14.3. The van der Waals surface area contributed by atoms with Gasteiger partial charge in [0.25, 0.3) is 11.7 Å². The minimum absolute atomic E-state index is 0.00395. The lowest BCUT2D eigenvalue weighted by atomic mass is 9.94. The third-order valence-electron chi connectivity index (χ3n) is 5.19. The molecule has 0 aromatic heterocycles. The molecule has 1 amide bonds. The van der Waals surface area contributed by atoms with Crippen LogP contribution in [-0.2, 0) is 9.59 Å². The predicted molar refractivity (Wildman–Crippen MR) is 114 cm³/mol. The van der Waals surface area contributed by atoms with Crippen molar-refractivity contribution in [2.75, 3.05) is 41.4 Å². The van der Waals surface area contributed by atoms with Crippen LogP contribution in [0.15, 0.2) is 48.0 Å². The van der Waals surface area contributed by atoms with Gasteiger partial charge in [0.1, 0.15) is 11.5 Å². The van der Waals surface area contributed by atoms with Crippen LogP contribution in [0.4, 0.5) is 4.39 Å². The molecule has 3 rings (SSSR count). The minimum atomic E-state index is -0.874. The van der Waals surface area contributed by atoms with Crippen molar-refractivity contribution in [3.8, 4) is 11.5 Å². The second kappa shape index (κ2) is 9.18. The van der Waals surface area contributed by atoms with Gasteiger partial charge in [-0.3, -0.25) is 9.59 Å². The lowest BCUT2D eigenvalue weighted by molar-refractivity contribution is -0.140. The Balaban J connectivity index is 2.20. The number of ketones is 1. The highest BCUT2D eigenvalue weighted by Gasteiger charge is 2.46. The van der Waals surface area contributed by atoms with Crippen molar-refractivity contribution in [1.82, 2.24) is 9.80 Å². The number of Topliss-reactive ketones (excluding diaryl/α,β-unsaturated/α-hetero) is 1. The molecule has 7 nitrogen and oxygen atoms in total. The normalized spacial score (nSPS) is 18.0. The van der Waals surface area contributed by atoms with Gasteiger partial charge in [-0.15, -0.1) is 0 Å². The van der Waals surface area contributed by atoms with E-state index in [1.807, 2.05) is 19.0 Å². The first-order valence-electron chi connectivity index (χ1n) is 9.70. The molecule has 1 saturated heterocycles. The predicted octanol–water partition coefficient (Wildman–Crippen LogP) is 2.83. The molecule has 2 aromatic rings. The van der Waals surface area contributed by atoms with Crippen LogP contribution in [0.2, 0.25) is 0 Å². The number of aliphatic hydroxyl groups excluding tert-OH is 1. The first-order chi connectivity index (χ1) is 14.8. The molecule has 164 valence electrons. The van der Waals surface area contributed by atoms with Crippen molar-refractivity contribution in [3.05, 3.63) is 65.0 Å². The fourth-order valence-electron chi connectivity index (χ4n) is 3.60. The largest absolute Gasteiger partial charge is 0.507 e. The van der Waals surface area contributed by atoms with Gasteiger partial charge in [0, 0.05) is 24.2 Å². The summed E-state index contributed by atoms with van der Waals surface area (Å²) in [5, 5.41) is 11.0. The van der Waals surface area contributed by atoms with Gasteiger partial charge in [-0.05, 0) is 38.4 Å².